The van der Waals surface area contributed by atoms with E-state index in [0.717, 1.165) is 16.7 Å². The van der Waals surface area contributed by atoms with Gasteiger partial charge in [0, 0.05) is 15.9 Å². The summed E-state index contributed by atoms with van der Waals surface area (Å²) >= 11 is 0. The standard InChI is InChI=1S/C7H19NO2Si/c1-4-7(11)8(9-5-2)10-6-3/h7H,4-6H2,1-3,11H3. The van der Waals surface area contributed by atoms with Gasteiger partial charge in [0.1, 0.15) is 0 Å². The summed E-state index contributed by atoms with van der Waals surface area (Å²) in [7, 11) is 1.08. The number of hydrogen-bond acceptors (Lipinski definition) is 3. The van der Waals surface area contributed by atoms with Gasteiger partial charge in [-0.1, -0.05) is 12.2 Å². The maximum Gasteiger partial charge on any atom is 0.0683 e. The molecule has 0 fully saturated rings. The van der Waals surface area contributed by atoms with Gasteiger partial charge in [0.25, 0.3) is 0 Å². The van der Waals surface area contributed by atoms with Crippen molar-refractivity contribution in [1.29, 1.82) is 0 Å². The fraction of sp³-hybridized carbons (Fsp3) is 1.00. The molecule has 68 valence electrons. The van der Waals surface area contributed by atoms with Gasteiger partial charge in [0.15, 0.2) is 0 Å². The van der Waals surface area contributed by atoms with Gasteiger partial charge in [-0.3, -0.25) is 9.68 Å². The highest BCUT2D eigenvalue weighted by Crippen LogP contribution is 2.01. The topological polar surface area (TPSA) is 21.7 Å². The molecular weight excluding hydrogens is 158 g/mol. The van der Waals surface area contributed by atoms with Crippen molar-refractivity contribution in [3.8, 4) is 0 Å². The monoisotopic (exact) mass is 177 g/mol. The maximum absolute atomic E-state index is 5.28. The third-order valence-corrected chi connectivity index (χ3v) is 2.70. The predicted molar refractivity (Wildman–Crippen MR) is 49.1 cm³/mol. The second kappa shape index (κ2) is 6.79. The lowest BCUT2D eigenvalue weighted by atomic mass is 10.5. The molecule has 0 spiro atoms. The van der Waals surface area contributed by atoms with Crippen molar-refractivity contribution >= 4 is 10.2 Å². The zero-order valence-electron chi connectivity index (χ0n) is 7.96. The predicted octanol–water partition coefficient (Wildman–Crippen LogP) is 0.293. The SMILES string of the molecule is CCON(OCC)C([SiH3])CC. The van der Waals surface area contributed by atoms with Crippen molar-refractivity contribution < 1.29 is 9.68 Å². The molecule has 0 aliphatic heterocycles. The molecule has 0 saturated heterocycles. The van der Waals surface area contributed by atoms with Crippen LogP contribution in [0.4, 0.5) is 0 Å². The highest BCUT2D eigenvalue weighted by molar-refractivity contribution is 6.11. The minimum Gasteiger partial charge on any atom is -0.275 e. The second-order valence-electron chi connectivity index (χ2n) is 2.38. The Hall–Kier alpha value is 0.0969. The summed E-state index contributed by atoms with van der Waals surface area (Å²) in [4.78, 5) is 10.6. The highest BCUT2D eigenvalue weighted by atomic mass is 28.1. The number of hydrogen-bond donors (Lipinski definition) is 0. The van der Waals surface area contributed by atoms with Gasteiger partial charge in [0.2, 0.25) is 0 Å². The van der Waals surface area contributed by atoms with E-state index in [0.29, 0.717) is 18.9 Å². The molecule has 0 bridgehead atoms. The van der Waals surface area contributed by atoms with Gasteiger partial charge < -0.3 is 0 Å². The highest BCUT2D eigenvalue weighted by Gasteiger charge is 2.11. The molecule has 0 rings (SSSR count). The van der Waals surface area contributed by atoms with E-state index in [-0.39, 0.29) is 0 Å². The average Bonchev–Trinajstić information content (AvgIpc) is 2.03. The first-order valence-corrected chi connectivity index (χ1v) is 5.46. The molecule has 0 N–H and O–H groups in total. The molecule has 0 aromatic rings. The van der Waals surface area contributed by atoms with Crippen LogP contribution in [0.15, 0.2) is 0 Å². The Balaban J connectivity index is 3.66. The minimum absolute atomic E-state index is 0.467. The first kappa shape index (κ1) is 11.1. The average molecular weight is 177 g/mol. The third-order valence-electron chi connectivity index (χ3n) is 1.46. The normalized spacial score (nSPS) is 14.2. The Morgan fingerprint density at radius 3 is 1.91 bits per heavy atom. The first-order chi connectivity index (χ1) is 5.26. The van der Waals surface area contributed by atoms with Crippen LogP contribution < -0.4 is 0 Å². The van der Waals surface area contributed by atoms with E-state index >= 15 is 0 Å². The number of hydroxylamine groups is 2. The summed E-state index contributed by atoms with van der Waals surface area (Å²) in [6, 6.07) is 0. The zero-order chi connectivity index (χ0) is 8.69. The smallest absolute Gasteiger partial charge is 0.0683 e. The molecule has 0 aliphatic carbocycles. The largest absolute Gasteiger partial charge is 0.275 e. The van der Waals surface area contributed by atoms with Crippen molar-refractivity contribution in [3.63, 3.8) is 0 Å². The summed E-state index contributed by atoms with van der Waals surface area (Å²) in [5.41, 5.74) is 0.467. The molecule has 4 heteroatoms. The lowest BCUT2D eigenvalue weighted by Gasteiger charge is -2.24. The van der Waals surface area contributed by atoms with E-state index in [9.17, 15) is 0 Å². The maximum atomic E-state index is 5.28. The summed E-state index contributed by atoms with van der Waals surface area (Å²) in [6.45, 7) is 7.44. The van der Waals surface area contributed by atoms with Gasteiger partial charge in [-0.2, -0.15) is 0 Å². The molecule has 1 atom stereocenters. The molecule has 0 aliphatic rings. The van der Waals surface area contributed by atoms with Crippen molar-refractivity contribution in [3.05, 3.63) is 0 Å². The quantitative estimate of drug-likeness (QED) is 0.430. The summed E-state index contributed by atoms with van der Waals surface area (Å²) in [5.74, 6) is 0. The molecular formula is C7H19NO2Si. The van der Waals surface area contributed by atoms with Crippen LogP contribution in [0.5, 0.6) is 0 Å². The molecule has 0 saturated carbocycles. The van der Waals surface area contributed by atoms with E-state index < -0.39 is 0 Å². The fourth-order valence-corrected chi connectivity index (χ4v) is 0.993. The van der Waals surface area contributed by atoms with Crippen LogP contribution in [0.1, 0.15) is 27.2 Å². The number of nitrogens with zero attached hydrogens (tertiary/aromatic N) is 1. The Morgan fingerprint density at radius 1 is 1.18 bits per heavy atom. The van der Waals surface area contributed by atoms with Crippen molar-refractivity contribution in [1.82, 2.24) is 5.23 Å². The molecule has 11 heavy (non-hydrogen) atoms. The van der Waals surface area contributed by atoms with E-state index in [2.05, 4.69) is 6.92 Å². The van der Waals surface area contributed by atoms with Gasteiger partial charge in [-0.05, 0) is 20.3 Å². The third kappa shape index (κ3) is 4.52. The van der Waals surface area contributed by atoms with Gasteiger partial charge >= 0.3 is 0 Å². The van der Waals surface area contributed by atoms with E-state index in [1.807, 2.05) is 13.8 Å². The minimum atomic E-state index is 0.467. The van der Waals surface area contributed by atoms with E-state index in [4.69, 9.17) is 9.68 Å². The Bertz CT molecular complexity index is 86.5. The first-order valence-electron chi connectivity index (χ1n) is 4.31. The second-order valence-corrected chi connectivity index (χ2v) is 3.71. The fourth-order valence-electron chi connectivity index (χ4n) is 0.695. The molecule has 0 aromatic heterocycles. The van der Waals surface area contributed by atoms with Gasteiger partial charge in [-0.25, -0.2) is 0 Å². The Kier molecular flexibility index (Phi) is 6.85. The summed E-state index contributed by atoms with van der Waals surface area (Å²) in [5, 5.41) is 1.65. The molecule has 0 aromatic carbocycles. The van der Waals surface area contributed by atoms with Crippen LogP contribution >= 0.6 is 0 Å². The van der Waals surface area contributed by atoms with Crippen molar-refractivity contribution in [2.24, 2.45) is 0 Å². The molecule has 1 unspecified atom stereocenters. The molecule has 0 radical (unpaired) electrons. The van der Waals surface area contributed by atoms with Crippen LogP contribution in [-0.2, 0) is 9.68 Å². The van der Waals surface area contributed by atoms with Crippen LogP contribution in [-0.4, -0.2) is 34.3 Å². The van der Waals surface area contributed by atoms with E-state index in [1.54, 1.807) is 5.23 Å². The van der Waals surface area contributed by atoms with E-state index in [1.165, 1.54) is 0 Å². The lowest BCUT2D eigenvalue weighted by Crippen LogP contribution is -2.35. The molecule has 0 heterocycles. The lowest BCUT2D eigenvalue weighted by molar-refractivity contribution is -0.373. The summed E-state index contributed by atoms with van der Waals surface area (Å²) in [6.07, 6.45) is 1.09. The number of rotatable bonds is 6. The molecule has 3 nitrogen and oxygen atoms in total. The van der Waals surface area contributed by atoms with Crippen molar-refractivity contribution in [2.45, 2.75) is 32.9 Å². The Morgan fingerprint density at radius 2 is 1.64 bits per heavy atom. The van der Waals surface area contributed by atoms with Gasteiger partial charge in [0.05, 0.1) is 13.2 Å². The molecule has 0 amide bonds. The van der Waals surface area contributed by atoms with Crippen LogP contribution in [0.2, 0.25) is 0 Å². The zero-order valence-corrected chi connectivity index (χ0v) is 9.96. The van der Waals surface area contributed by atoms with Gasteiger partial charge in [-0.15, -0.1) is 0 Å². The van der Waals surface area contributed by atoms with Crippen LogP contribution in [0.3, 0.4) is 0 Å². The van der Waals surface area contributed by atoms with Crippen molar-refractivity contribution in [2.75, 3.05) is 13.2 Å². The summed E-state index contributed by atoms with van der Waals surface area (Å²) < 4.78 is 0. The van der Waals surface area contributed by atoms with Crippen LogP contribution in [0, 0.1) is 0 Å². The van der Waals surface area contributed by atoms with Crippen LogP contribution in [0.25, 0.3) is 0 Å². The Labute approximate surface area is 72.0 Å².